The van der Waals surface area contributed by atoms with E-state index in [1.807, 2.05) is 45.9 Å². The summed E-state index contributed by atoms with van der Waals surface area (Å²) < 4.78 is 0. The molecule has 1 aromatic carbocycles. The van der Waals surface area contributed by atoms with Crippen LogP contribution in [0.2, 0.25) is 5.02 Å². The molecule has 1 atom stereocenters. The Bertz CT molecular complexity index is 418. The minimum absolute atomic E-state index is 0.0169. The molecule has 0 heterocycles. The summed E-state index contributed by atoms with van der Waals surface area (Å²) in [6.07, 6.45) is 0. The highest BCUT2D eigenvalue weighted by molar-refractivity contribution is 6.31. The summed E-state index contributed by atoms with van der Waals surface area (Å²) in [6.45, 7) is 8.35. The van der Waals surface area contributed by atoms with Crippen LogP contribution >= 0.6 is 11.6 Å². The highest BCUT2D eigenvalue weighted by atomic mass is 35.5. The first kappa shape index (κ1) is 15.0. The molecule has 0 aliphatic carbocycles. The maximum Gasteiger partial charge on any atom is 0.237 e. The number of halogens is 1. The number of benzene rings is 1. The standard InChI is InChI=1S/C14H21ClN2O/c1-9(2)17-14(18)11(4)16-8-12-6-5-10(3)13(15)7-12/h5-7,9,11,16H,8H2,1-4H3,(H,17,18). The molecule has 0 radical (unpaired) electrons. The number of hydrogen-bond acceptors (Lipinski definition) is 2. The van der Waals surface area contributed by atoms with Crippen molar-refractivity contribution in [1.29, 1.82) is 0 Å². The predicted molar refractivity (Wildman–Crippen MR) is 75.8 cm³/mol. The number of amides is 1. The molecule has 0 saturated carbocycles. The normalized spacial score (nSPS) is 12.6. The smallest absolute Gasteiger partial charge is 0.237 e. The van der Waals surface area contributed by atoms with Gasteiger partial charge in [-0.2, -0.15) is 0 Å². The van der Waals surface area contributed by atoms with Crippen molar-refractivity contribution in [2.24, 2.45) is 0 Å². The highest BCUT2D eigenvalue weighted by Gasteiger charge is 2.12. The van der Waals surface area contributed by atoms with Crippen molar-refractivity contribution in [2.45, 2.75) is 46.3 Å². The molecular formula is C14H21ClN2O. The van der Waals surface area contributed by atoms with Gasteiger partial charge in [-0.15, -0.1) is 0 Å². The summed E-state index contributed by atoms with van der Waals surface area (Å²) in [6, 6.07) is 5.87. The van der Waals surface area contributed by atoms with Gasteiger partial charge in [-0.3, -0.25) is 4.79 Å². The fourth-order valence-electron chi connectivity index (χ4n) is 1.52. The lowest BCUT2D eigenvalue weighted by Crippen LogP contribution is -2.44. The third-order valence-corrected chi connectivity index (χ3v) is 3.08. The van der Waals surface area contributed by atoms with Crippen molar-refractivity contribution in [3.8, 4) is 0 Å². The monoisotopic (exact) mass is 268 g/mol. The van der Waals surface area contributed by atoms with E-state index < -0.39 is 0 Å². The molecule has 0 fully saturated rings. The van der Waals surface area contributed by atoms with Gasteiger partial charge in [0.15, 0.2) is 0 Å². The maximum atomic E-state index is 11.7. The maximum absolute atomic E-state index is 11.7. The Morgan fingerprint density at radius 1 is 1.33 bits per heavy atom. The summed E-state index contributed by atoms with van der Waals surface area (Å²) in [4.78, 5) is 11.7. The van der Waals surface area contributed by atoms with E-state index in [1.54, 1.807) is 0 Å². The number of hydrogen-bond donors (Lipinski definition) is 2. The molecule has 0 aliphatic heterocycles. The van der Waals surface area contributed by atoms with Gasteiger partial charge in [0.05, 0.1) is 6.04 Å². The predicted octanol–water partition coefficient (Wildman–Crippen LogP) is 2.65. The molecule has 2 N–H and O–H groups in total. The number of carbonyl (C=O) groups is 1. The molecule has 0 bridgehead atoms. The zero-order valence-electron chi connectivity index (χ0n) is 11.4. The van der Waals surface area contributed by atoms with Crippen LogP contribution in [0.25, 0.3) is 0 Å². The van der Waals surface area contributed by atoms with E-state index in [2.05, 4.69) is 10.6 Å². The van der Waals surface area contributed by atoms with E-state index in [1.165, 1.54) is 0 Å². The average Bonchev–Trinajstić information content (AvgIpc) is 2.29. The van der Waals surface area contributed by atoms with E-state index >= 15 is 0 Å². The van der Waals surface area contributed by atoms with Crippen LogP contribution in [0.15, 0.2) is 18.2 Å². The Labute approximate surface area is 114 Å². The SMILES string of the molecule is Cc1ccc(CNC(C)C(=O)NC(C)C)cc1Cl. The topological polar surface area (TPSA) is 41.1 Å². The van der Waals surface area contributed by atoms with Crippen LogP contribution in [0.5, 0.6) is 0 Å². The number of nitrogens with one attached hydrogen (secondary N) is 2. The minimum atomic E-state index is -0.215. The van der Waals surface area contributed by atoms with Gasteiger partial charge >= 0.3 is 0 Å². The first-order valence-electron chi connectivity index (χ1n) is 6.19. The second-order valence-corrected chi connectivity index (χ2v) is 5.26. The van der Waals surface area contributed by atoms with Crippen molar-refractivity contribution in [3.05, 3.63) is 34.3 Å². The number of aryl methyl sites for hydroxylation is 1. The molecule has 1 rings (SSSR count). The van der Waals surface area contributed by atoms with E-state index in [0.29, 0.717) is 6.54 Å². The van der Waals surface area contributed by atoms with Crippen LogP contribution in [-0.4, -0.2) is 18.0 Å². The molecule has 0 spiro atoms. The van der Waals surface area contributed by atoms with E-state index in [0.717, 1.165) is 16.1 Å². The molecule has 18 heavy (non-hydrogen) atoms. The Morgan fingerprint density at radius 2 is 2.00 bits per heavy atom. The first-order chi connectivity index (χ1) is 8.40. The summed E-state index contributed by atoms with van der Waals surface area (Å²) in [5.74, 6) is 0.0169. The van der Waals surface area contributed by atoms with Crippen molar-refractivity contribution >= 4 is 17.5 Å². The Balaban J connectivity index is 2.49. The molecular weight excluding hydrogens is 248 g/mol. The Morgan fingerprint density at radius 3 is 2.56 bits per heavy atom. The molecule has 1 amide bonds. The fraction of sp³-hybridized carbons (Fsp3) is 0.500. The summed E-state index contributed by atoms with van der Waals surface area (Å²) in [5.41, 5.74) is 2.14. The lowest BCUT2D eigenvalue weighted by atomic mass is 10.1. The molecule has 1 unspecified atom stereocenters. The zero-order chi connectivity index (χ0) is 13.7. The third kappa shape index (κ3) is 4.67. The molecule has 4 heteroatoms. The fourth-order valence-corrected chi connectivity index (χ4v) is 1.72. The molecule has 0 aliphatic rings. The van der Waals surface area contributed by atoms with Crippen molar-refractivity contribution in [1.82, 2.24) is 10.6 Å². The summed E-state index contributed by atoms with van der Waals surface area (Å²) in [5, 5.41) is 6.81. The first-order valence-corrected chi connectivity index (χ1v) is 6.56. The van der Waals surface area contributed by atoms with Crippen LogP contribution in [0.3, 0.4) is 0 Å². The minimum Gasteiger partial charge on any atom is -0.353 e. The second-order valence-electron chi connectivity index (χ2n) is 4.85. The number of rotatable bonds is 5. The van der Waals surface area contributed by atoms with Crippen LogP contribution in [0, 0.1) is 6.92 Å². The van der Waals surface area contributed by atoms with Crippen LogP contribution in [-0.2, 0) is 11.3 Å². The van der Waals surface area contributed by atoms with Crippen molar-refractivity contribution in [3.63, 3.8) is 0 Å². The zero-order valence-corrected chi connectivity index (χ0v) is 12.1. The van der Waals surface area contributed by atoms with E-state index in [4.69, 9.17) is 11.6 Å². The van der Waals surface area contributed by atoms with E-state index in [-0.39, 0.29) is 18.0 Å². The van der Waals surface area contributed by atoms with Crippen molar-refractivity contribution < 1.29 is 4.79 Å². The van der Waals surface area contributed by atoms with Gasteiger partial charge in [-0.1, -0.05) is 23.7 Å². The molecule has 3 nitrogen and oxygen atoms in total. The van der Waals surface area contributed by atoms with Crippen LogP contribution in [0.1, 0.15) is 31.9 Å². The largest absolute Gasteiger partial charge is 0.353 e. The lowest BCUT2D eigenvalue weighted by molar-refractivity contribution is -0.123. The molecule has 0 saturated heterocycles. The van der Waals surface area contributed by atoms with Crippen LogP contribution < -0.4 is 10.6 Å². The van der Waals surface area contributed by atoms with Crippen LogP contribution in [0.4, 0.5) is 0 Å². The lowest BCUT2D eigenvalue weighted by Gasteiger charge is -2.16. The average molecular weight is 269 g/mol. The summed E-state index contributed by atoms with van der Waals surface area (Å²) in [7, 11) is 0. The summed E-state index contributed by atoms with van der Waals surface area (Å²) >= 11 is 6.05. The van der Waals surface area contributed by atoms with Gasteiger partial charge in [-0.25, -0.2) is 0 Å². The van der Waals surface area contributed by atoms with Gasteiger partial charge in [0.1, 0.15) is 0 Å². The molecule has 0 aromatic heterocycles. The highest BCUT2D eigenvalue weighted by Crippen LogP contribution is 2.16. The Kier molecular flexibility index (Phi) is 5.63. The quantitative estimate of drug-likeness (QED) is 0.862. The second kappa shape index (κ2) is 6.76. The van der Waals surface area contributed by atoms with E-state index in [9.17, 15) is 4.79 Å². The molecule has 100 valence electrons. The van der Waals surface area contributed by atoms with Gasteiger partial charge in [0.25, 0.3) is 0 Å². The Hall–Kier alpha value is -1.06. The molecule has 1 aromatic rings. The van der Waals surface area contributed by atoms with Gasteiger partial charge in [0.2, 0.25) is 5.91 Å². The van der Waals surface area contributed by atoms with Gasteiger partial charge in [0, 0.05) is 17.6 Å². The van der Waals surface area contributed by atoms with Gasteiger partial charge in [-0.05, 0) is 44.9 Å². The number of carbonyl (C=O) groups excluding carboxylic acids is 1. The third-order valence-electron chi connectivity index (χ3n) is 2.67. The van der Waals surface area contributed by atoms with Gasteiger partial charge < -0.3 is 10.6 Å². The van der Waals surface area contributed by atoms with Crippen molar-refractivity contribution in [2.75, 3.05) is 0 Å².